The quantitative estimate of drug-likeness (QED) is 0.704. The standard InChI is InChI=1S/C14H16FN/c1-13(2,3)11-8-10(4-5-12(11)15)14(9-16)6-7-14/h4-5,8H,6-7H2,1-3H3. The average Bonchev–Trinajstić information content (AvgIpc) is 2.97. The third-order valence-electron chi connectivity index (χ3n) is 3.29. The Morgan fingerprint density at radius 3 is 2.38 bits per heavy atom. The van der Waals surface area contributed by atoms with Crippen LogP contribution in [-0.4, -0.2) is 0 Å². The van der Waals surface area contributed by atoms with Gasteiger partial charge >= 0.3 is 0 Å². The largest absolute Gasteiger partial charge is 0.207 e. The average molecular weight is 217 g/mol. The van der Waals surface area contributed by atoms with E-state index in [0.717, 1.165) is 18.4 Å². The molecule has 0 aromatic heterocycles. The fourth-order valence-corrected chi connectivity index (χ4v) is 1.99. The Kier molecular flexibility index (Phi) is 2.31. The predicted molar refractivity (Wildman–Crippen MR) is 61.6 cm³/mol. The van der Waals surface area contributed by atoms with Crippen molar-refractivity contribution < 1.29 is 4.39 Å². The van der Waals surface area contributed by atoms with Gasteiger partial charge in [0, 0.05) is 0 Å². The maximum Gasteiger partial charge on any atom is 0.126 e. The zero-order valence-corrected chi connectivity index (χ0v) is 9.97. The van der Waals surface area contributed by atoms with Crippen molar-refractivity contribution in [3.63, 3.8) is 0 Å². The number of nitrogens with zero attached hydrogens (tertiary/aromatic N) is 1. The Bertz CT molecular complexity index is 459. The van der Waals surface area contributed by atoms with Crippen LogP contribution in [-0.2, 0) is 10.8 Å². The van der Waals surface area contributed by atoms with Crippen LogP contribution in [0.3, 0.4) is 0 Å². The molecule has 1 nitrogen and oxygen atoms in total. The second-order valence-corrected chi connectivity index (χ2v) is 5.64. The van der Waals surface area contributed by atoms with E-state index in [4.69, 9.17) is 5.26 Å². The summed E-state index contributed by atoms with van der Waals surface area (Å²) in [5.74, 6) is -0.176. The minimum absolute atomic E-state index is 0.176. The summed E-state index contributed by atoms with van der Waals surface area (Å²) in [6, 6.07) is 7.46. The van der Waals surface area contributed by atoms with Crippen LogP contribution in [0.1, 0.15) is 44.7 Å². The van der Waals surface area contributed by atoms with Gasteiger partial charge in [-0.1, -0.05) is 32.9 Å². The highest BCUT2D eigenvalue weighted by Crippen LogP contribution is 2.48. The molecule has 1 aromatic rings. The molecule has 0 bridgehead atoms. The number of benzene rings is 1. The first kappa shape index (κ1) is 11.1. The lowest BCUT2D eigenvalue weighted by molar-refractivity contribution is 0.521. The highest BCUT2D eigenvalue weighted by atomic mass is 19.1. The minimum atomic E-state index is -0.326. The maximum atomic E-state index is 13.7. The summed E-state index contributed by atoms with van der Waals surface area (Å²) in [6.07, 6.45) is 1.80. The van der Waals surface area contributed by atoms with Gasteiger partial charge in [-0.05, 0) is 35.4 Å². The molecule has 0 unspecified atom stereocenters. The summed E-state index contributed by atoms with van der Waals surface area (Å²) in [4.78, 5) is 0. The molecule has 1 saturated carbocycles. The van der Waals surface area contributed by atoms with Crippen molar-refractivity contribution in [2.24, 2.45) is 0 Å². The molecule has 0 radical (unpaired) electrons. The third-order valence-corrected chi connectivity index (χ3v) is 3.29. The van der Waals surface area contributed by atoms with Gasteiger partial charge in [-0.25, -0.2) is 4.39 Å². The van der Waals surface area contributed by atoms with E-state index in [-0.39, 0.29) is 16.6 Å². The van der Waals surface area contributed by atoms with E-state index in [1.165, 1.54) is 6.07 Å². The van der Waals surface area contributed by atoms with E-state index in [1.807, 2.05) is 26.8 Å². The van der Waals surface area contributed by atoms with Crippen LogP contribution in [0, 0.1) is 17.1 Å². The van der Waals surface area contributed by atoms with Gasteiger partial charge in [-0.3, -0.25) is 0 Å². The first-order valence-electron chi connectivity index (χ1n) is 5.61. The lowest BCUT2D eigenvalue weighted by atomic mass is 9.83. The van der Waals surface area contributed by atoms with E-state index in [2.05, 4.69) is 6.07 Å². The zero-order chi connectivity index (χ0) is 12.0. The third kappa shape index (κ3) is 1.71. The Labute approximate surface area is 95.9 Å². The van der Waals surface area contributed by atoms with Crippen LogP contribution in [0.2, 0.25) is 0 Å². The van der Waals surface area contributed by atoms with Crippen LogP contribution >= 0.6 is 0 Å². The first-order chi connectivity index (χ1) is 7.39. The van der Waals surface area contributed by atoms with Gasteiger partial charge in [0.15, 0.2) is 0 Å². The molecule has 16 heavy (non-hydrogen) atoms. The fraction of sp³-hybridized carbons (Fsp3) is 0.500. The second-order valence-electron chi connectivity index (χ2n) is 5.64. The highest BCUT2D eigenvalue weighted by Gasteiger charge is 2.45. The molecule has 1 aliphatic carbocycles. The van der Waals surface area contributed by atoms with Crippen molar-refractivity contribution in [1.82, 2.24) is 0 Å². The zero-order valence-electron chi connectivity index (χ0n) is 9.97. The normalized spacial score (nSPS) is 17.9. The van der Waals surface area contributed by atoms with E-state index in [1.54, 1.807) is 6.07 Å². The Morgan fingerprint density at radius 1 is 1.31 bits per heavy atom. The molecular weight excluding hydrogens is 201 g/mol. The monoisotopic (exact) mass is 217 g/mol. The minimum Gasteiger partial charge on any atom is -0.207 e. The molecule has 0 heterocycles. The number of rotatable bonds is 1. The SMILES string of the molecule is CC(C)(C)c1cc(C2(C#N)CC2)ccc1F. The summed E-state index contributed by atoms with van der Waals surface area (Å²) >= 11 is 0. The molecule has 2 rings (SSSR count). The predicted octanol–water partition coefficient (Wildman–Crippen LogP) is 3.68. The second kappa shape index (κ2) is 3.31. The molecule has 0 amide bonds. The van der Waals surface area contributed by atoms with Gasteiger partial charge in [0.05, 0.1) is 11.5 Å². The van der Waals surface area contributed by atoms with E-state index in [9.17, 15) is 4.39 Å². The molecular formula is C14H16FN. The van der Waals surface area contributed by atoms with Gasteiger partial charge < -0.3 is 0 Å². The Hall–Kier alpha value is -1.36. The van der Waals surface area contributed by atoms with Crippen molar-refractivity contribution in [2.75, 3.05) is 0 Å². The fourth-order valence-electron chi connectivity index (χ4n) is 1.99. The molecule has 1 aromatic carbocycles. The maximum absolute atomic E-state index is 13.7. The number of halogens is 1. The molecule has 0 aliphatic heterocycles. The molecule has 0 saturated heterocycles. The Morgan fingerprint density at radius 2 is 1.94 bits per heavy atom. The topological polar surface area (TPSA) is 23.8 Å². The van der Waals surface area contributed by atoms with Gasteiger partial charge in [-0.2, -0.15) is 5.26 Å². The van der Waals surface area contributed by atoms with Gasteiger partial charge in [0.1, 0.15) is 5.82 Å². The van der Waals surface area contributed by atoms with E-state index >= 15 is 0 Å². The van der Waals surface area contributed by atoms with Crippen molar-refractivity contribution >= 4 is 0 Å². The van der Waals surface area contributed by atoms with Crippen LogP contribution in [0.5, 0.6) is 0 Å². The van der Waals surface area contributed by atoms with Crippen molar-refractivity contribution in [3.8, 4) is 6.07 Å². The molecule has 1 aliphatic rings. The van der Waals surface area contributed by atoms with Gasteiger partial charge in [0.25, 0.3) is 0 Å². The molecule has 0 N–H and O–H groups in total. The number of nitriles is 1. The van der Waals surface area contributed by atoms with Crippen LogP contribution in [0.15, 0.2) is 18.2 Å². The summed E-state index contributed by atoms with van der Waals surface area (Å²) in [6.45, 7) is 5.96. The van der Waals surface area contributed by atoms with Gasteiger partial charge in [-0.15, -0.1) is 0 Å². The molecule has 0 spiro atoms. The van der Waals surface area contributed by atoms with Crippen LogP contribution in [0.4, 0.5) is 4.39 Å². The Balaban J connectivity index is 2.49. The molecule has 84 valence electrons. The van der Waals surface area contributed by atoms with Crippen molar-refractivity contribution in [3.05, 3.63) is 35.1 Å². The van der Waals surface area contributed by atoms with Crippen LogP contribution in [0.25, 0.3) is 0 Å². The highest BCUT2D eigenvalue weighted by molar-refractivity contribution is 5.42. The smallest absolute Gasteiger partial charge is 0.126 e. The molecule has 2 heteroatoms. The first-order valence-corrected chi connectivity index (χ1v) is 5.61. The molecule has 1 fully saturated rings. The van der Waals surface area contributed by atoms with E-state index in [0.29, 0.717) is 5.56 Å². The number of hydrogen-bond acceptors (Lipinski definition) is 1. The summed E-state index contributed by atoms with van der Waals surface area (Å²) in [5, 5.41) is 9.13. The number of hydrogen-bond donors (Lipinski definition) is 0. The van der Waals surface area contributed by atoms with Crippen molar-refractivity contribution in [2.45, 2.75) is 44.4 Å². The van der Waals surface area contributed by atoms with Crippen LogP contribution < -0.4 is 0 Å². The van der Waals surface area contributed by atoms with Gasteiger partial charge in [0.2, 0.25) is 0 Å². The lowest BCUT2D eigenvalue weighted by Crippen LogP contribution is -2.15. The summed E-state index contributed by atoms with van der Waals surface area (Å²) < 4.78 is 13.7. The van der Waals surface area contributed by atoms with Crippen molar-refractivity contribution in [1.29, 1.82) is 5.26 Å². The summed E-state index contributed by atoms with van der Waals surface area (Å²) in [5.41, 5.74) is 1.13. The summed E-state index contributed by atoms with van der Waals surface area (Å²) in [7, 11) is 0. The lowest BCUT2D eigenvalue weighted by Gasteiger charge is -2.21. The molecule has 0 atom stereocenters. The van der Waals surface area contributed by atoms with E-state index < -0.39 is 0 Å².